The van der Waals surface area contributed by atoms with Crippen LogP contribution in [-0.2, 0) is 68.5 Å². The number of carbonyl (C=O) groups is 9. The van der Waals surface area contributed by atoms with Gasteiger partial charge in [0.15, 0.2) is 5.78 Å². The number of ketones is 1. The molecule has 11 N–H and O–H groups in total. The van der Waals surface area contributed by atoms with E-state index in [1.54, 1.807) is 71.9 Å². The lowest BCUT2D eigenvalue weighted by molar-refractivity contribution is -0.353. The second-order valence-corrected chi connectivity index (χ2v) is 27.7. The maximum atomic E-state index is 14.7. The number of imide groups is 1. The number of nitrogens with zero attached hydrogens (tertiary/aromatic N) is 1. The molecule has 5 aliphatic rings. The molecule has 2 saturated carbocycles. The van der Waals surface area contributed by atoms with Crippen molar-refractivity contribution in [3.63, 3.8) is 0 Å². The first kappa shape index (κ1) is 71.7. The van der Waals surface area contributed by atoms with Gasteiger partial charge in [0.25, 0.3) is 0 Å². The number of Topliss-reactive ketones (excluding diaryl/α,β-unsaturated/α-hetero) is 1. The molecule has 2 heterocycles. The molecule has 6 rings (SSSR count). The zero-order valence-corrected chi connectivity index (χ0v) is 53.5. The first-order chi connectivity index (χ1) is 41.2. The van der Waals surface area contributed by atoms with Crippen molar-refractivity contribution < 1.29 is 87.6 Å². The summed E-state index contributed by atoms with van der Waals surface area (Å²) in [5.41, 5.74) is -0.910. The van der Waals surface area contributed by atoms with Crippen molar-refractivity contribution in [1.82, 2.24) is 26.2 Å². The molecule has 24 nitrogen and oxygen atoms in total. The number of unbranched alkanes of at least 4 members (excludes halogenated alkanes) is 2. The standard InChI is InChI=1S/C63H96N6O18S/c1-35(2)66-46(60(8,9)68-41(24-27-70)56(79)67-40(37(4)71)20-22-50(75)65-25-28-88-45-30-51(76)69(57(45)80)26-16-12-15-19-49(64)74)21-23-52(77)86-42(29-39-17-13-11-14-18-39)58(81)87-43-33-63(83)55(78)54-61(10,47(73)31-48-62(54,82)34-84-48)32-44(85-38(5)72)53(36(43)3)59(63,6)7/h11,13-14,17-18,35,40-48,54-55,66,68,70,73,78,82-83H,12,15-16,19-34H2,1-10H3,(H2,64,74)(H,65,75)(H,67,79)/t40?,41?,42-,43+,44+,45?,46?,47+,48-,54?,55+,61-,62+,63-/m1/s1. The van der Waals surface area contributed by atoms with E-state index in [1.807, 2.05) is 13.8 Å². The normalized spacial score (nSPS) is 28.8. The number of thioether (sulfide) groups is 1. The van der Waals surface area contributed by atoms with Crippen molar-refractivity contribution in [2.45, 2.75) is 242 Å². The van der Waals surface area contributed by atoms with Gasteiger partial charge < -0.3 is 66.2 Å². The summed E-state index contributed by atoms with van der Waals surface area (Å²) in [4.78, 5) is 119. The zero-order chi connectivity index (χ0) is 65.3. The van der Waals surface area contributed by atoms with Crippen LogP contribution in [0.25, 0.3) is 0 Å². The molecule has 1 aromatic rings. The lowest BCUT2D eigenvalue weighted by Gasteiger charge is -2.67. The van der Waals surface area contributed by atoms with E-state index in [1.165, 1.54) is 30.5 Å². The Morgan fingerprint density at radius 1 is 0.898 bits per heavy atom. The zero-order valence-electron chi connectivity index (χ0n) is 52.7. The number of primary amides is 1. The van der Waals surface area contributed by atoms with Crippen LogP contribution < -0.4 is 27.0 Å². The molecule has 14 atom stereocenters. The topological polar surface area (TPSA) is 369 Å². The van der Waals surface area contributed by atoms with Crippen LogP contribution in [0.15, 0.2) is 41.5 Å². The number of hydrogen-bond acceptors (Lipinski definition) is 21. The van der Waals surface area contributed by atoms with Crippen molar-refractivity contribution in [3.8, 4) is 0 Å². The van der Waals surface area contributed by atoms with E-state index >= 15 is 0 Å². The average Bonchev–Trinajstić information content (AvgIpc) is 0.787. The van der Waals surface area contributed by atoms with Gasteiger partial charge in [-0.2, -0.15) is 0 Å². The Kier molecular flexibility index (Phi) is 24.6. The summed E-state index contributed by atoms with van der Waals surface area (Å²) in [7, 11) is 0. The molecular formula is C63H96N6O18S. The maximum absolute atomic E-state index is 14.7. The molecule has 3 aliphatic carbocycles. The molecule has 4 fully saturated rings. The first-order valence-corrected chi connectivity index (χ1v) is 32.0. The lowest BCUT2D eigenvalue weighted by atomic mass is 9.45. The van der Waals surface area contributed by atoms with E-state index in [-0.39, 0.29) is 108 Å². The van der Waals surface area contributed by atoms with Crippen molar-refractivity contribution in [2.24, 2.45) is 22.5 Å². The molecule has 5 amide bonds. The van der Waals surface area contributed by atoms with E-state index in [9.17, 15) is 68.7 Å². The fourth-order valence-corrected chi connectivity index (χ4v) is 14.9. The number of likely N-dealkylation sites (tertiary alicyclic amines) is 1. The Bertz CT molecular complexity index is 2730. The fraction of sp³-hybridized carbons (Fsp3) is 0.730. The second-order valence-electron chi connectivity index (χ2n) is 26.3. The number of benzene rings is 1. The van der Waals surface area contributed by atoms with E-state index in [2.05, 4.69) is 21.3 Å². The molecule has 25 heteroatoms. The minimum Gasteiger partial charge on any atom is -0.458 e. The third kappa shape index (κ3) is 16.8. The van der Waals surface area contributed by atoms with Crippen molar-refractivity contribution in [1.29, 1.82) is 0 Å². The number of fused-ring (bicyclic) bond motifs is 5. The molecule has 0 radical (unpaired) electrons. The first-order valence-electron chi connectivity index (χ1n) is 30.9. The molecule has 0 spiro atoms. The number of aliphatic hydroxyl groups excluding tert-OH is 3. The van der Waals surface area contributed by atoms with Crippen LogP contribution in [0.1, 0.15) is 158 Å². The summed E-state index contributed by atoms with van der Waals surface area (Å²) in [5, 5.41) is 71.5. The van der Waals surface area contributed by atoms with Crippen LogP contribution in [0.2, 0.25) is 0 Å². The van der Waals surface area contributed by atoms with Crippen LogP contribution >= 0.6 is 11.8 Å². The predicted octanol–water partition coefficient (Wildman–Crippen LogP) is 1.89. The van der Waals surface area contributed by atoms with Crippen molar-refractivity contribution in [3.05, 3.63) is 47.0 Å². The number of esters is 3. The minimum atomic E-state index is -2.17. The molecular weight excluding hydrogens is 1160 g/mol. The highest BCUT2D eigenvalue weighted by Crippen LogP contribution is 2.63. The third-order valence-corrected chi connectivity index (χ3v) is 20.1. The number of aliphatic hydroxyl groups is 5. The highest BCUT2D eigenvalue weighted by Gasteiger charge is 2.73. The largest absolute Gasteiger partial charge is 0.458 e. The Morgan fingerprint density at radius 3 is 2.20 bits per heavy atom. The van der Waals surface area contributed by atoms with Crippen LogP contribution in [0.5, 0.6) is 0 Å². The molecule has 2 bridgehead atoms. The van der Waals surface area contributed by atoms with Gasteiger partial charge in [-0.15, -0.1) is 11.8 Å². The smallest absolute Gasteiger partial charge is 0.348 e. The Balaban J connectivity index is 1.09. The van der Waals surface area contributed by atoms with E-state index in [4.69, 9.17) is 24.7 Å². The molecule has 0 aromatic heterocycles. The van der Waals surface area contributed by atoms with Gasteiger partial charge in [0.05, 0.1) is 42.3 Å². The van der Waals surface area contributed by atoms with Crippen LogP contribution in [0, 0.1) is 16.7 Å². The van der Waals surface area contributed by atoms with Crippen molar-refractivity contribution >= 4 is 65.0 Å². The van der Waals surface area contributed by atoms with E-state index < -0.39 is 142 Å². The van der Waals surface area contributed by atoms with Crippen LogP contribution in [0.4, 0.5) is 0 Å². The highest BCUT2D eigenvalue weighted by atomic mass is 32.2. The van der Waals surface area contributed by atoms with Gasteiger partial charge in [-0.25, -0.2) is 4.79 Å². The molecule has 2 aliphatic heterocycles. The van der Waals surface area contributed by atoms with Crippen LogP contribution in [-0.4, -0.2) is 198 Å². The van der Waals surface area contributed by atoms with Gasteiger partial charge in [0.2, 0.25) is 35.6 Å². The molecule has 5 unspecified atom stereocenters. The number of ether oxygens (including phenoxy) is 4. The monoisotopic (exact) mass is 1260 g/mol. The summed E-state index contributed by atoms with van der Waals surface area (Å²) in [6, 6.07) is 5.97. The SMILES string of the molecule is CC(=O)O[C@H]1C[C@@]2(C)C([C@H](O)[C@]3(O)C[C@H](OC(=O)[C@@H](Cc4ccccc4)OC(=O)CCC(NC(C)C)C(C)(C)NC(CCO)C(=O)NC(CCC(=O)NCCSC4CC(=O)N(CCCCCC(N)=O)C4=O)C(C)=O)C(C)=C1C3(C)C)[C@]1(O)CO[C@@H]1C[C@@H]2O. The number of hydrogen-bond donors (Lipinski definition) is 10. The van der Waals surface area contributed by atoms with Gasteiger partial charge >= 0.3 is 17.9 Å². The third-order valence-electron chi connectivity index (χ3n) is 18.8. The summed E-state index contributed by atoms with van der Waals surface area (Å²) >= 11 is 1.26. The maximum Gasteiger partial charge on any atom is 0.348 e. The van der Waals surface area contributed by atoms with Gasteiger partial charge in [0.1, 0.15) is 23.4 Å². The number of carbonyl (C=O) groups excluding carboxylic acids is 9. The highest BCUT2D eigenvalue weighted by molar-refractivity contribution is 8.00. The minimum absolute atomic E-state index is 0.0384. The number of nitrogens with two attached hydrogens (primary N) is 1. The molecule has 88 heavy (non-hydrogen) atoms. The summed E-state index contributed by atoms with van der Waals surface area (Å²) < 4.78 is 24.0. The number of amides is 5. The summed E-state index contributed by atoms with van der Waals surface area (Å²) in [5.74, 6) is -5.63. The van der Waals surface area contributed by atoms with Gasteiger partial charge in [-0.05, 0) is 82.9 Å². The summed E-state index contributed by atoms with van der Waals surface area (Å²) in [6.45, 7) is 16.5. The molecule has 492 valence electrons. The lowest BCUT2D eigenvalue weighted by Crippen LogP contribution is -2.79. The van der Waals surface area contributed by atoms with Gasteiger partial charge in [-0.3, -0.25) is 48.6 Å². The fourth-order valence-electron chi connectivity index (χ4n) is 13.9. The van der Waals surface area contributed by atoms with Gasteiger partial charge in [0, 0.05) is 112 Å². The predicted molar refractivity (Wildman–Crippen MR) is 323 cm³/mol. The second kappa shape index (κ2) is 30.2. The van der Waals surface area contributed by atoms with Gasteiger partial charge in [-0.1, -0.05) is 71.4 Å². The number of rotatable bonds is 32. The number of nitrogens with one attached hydrogen (secondary N) is 4. The molecule has 1 aromatic carbocycles. The van der Waals surface area contributed by atoms with Crippen LogP contribution in [0.3, 0.4) is 0 Å². The Morgan fingerprint density at radius 2 is 1.59 bits per heavy atom. The Labute approximate surface area is 520 Å². The average molecular weight is 1260 g/mol. The molecule has 2 saturated heterocycles. The van der Waals surface area contributed by atoms with E-state index in [0.717, 1.165) is 0 Å². The quantitative estimate of drug-likeness (QED) is 0.0162. The van der Waals surface area contributed by atoms with Crippen molar-refractivity contribution in [2.75, 3.05) is 32.1 Å². The Hall–Kier alpha value is -5.38. The van der Waals surface area contributed by atoms with E-state index in [0.29, 0.717) is 41.7 Å². The summed E-state index contributed by atoms with van der Waals surface area (Å²) in [6.07, 6.45) is -6.42.